The number of carbonyl (C=O) groups is 2. The van der Waals surface area contributed by atoms with Crippen molar-refractivity contribution in [1.29, 1.82) is 0 Å². The first-order chi connectivity index (χ1) is 16.0. The molecule has 4 aromatic rings. The van der Waals surface area contributed by atoms with Crippen LogP contribution in [0.2, 0.25) is 0 Å². The molecule has 1 aromatic carbocycles. The lowest BCUT2D eigenvalue weighted by Gasteiger charge is -2.09. The van der Waals surface area contributed by atoms with E-state index in [0.717, 1.165) is 20.5 Å². The van der Waals surface area contributed by atoms with E-state index in [2.05, 4.69) is 20.7 Å². The SMILES string of the molecule is Cc1nc(-c2cccs2)sc1-c1ccc(=O)n(CCNC(=O)CNC(=O)c2ccccc2)n1. The molecule has 2 N–H and O–H groups in total. The second-order valence-electron chi connectivity index (χ2n) is 7.09. The minimum absolute atomic E-state index is 0.151. The number of hydrogen-bond donors (Lipinski definition) is 2. The van der Waals surface area contributed by atoms with Gasteiger partial charge in [0.2, 0.25) is 5.91 Å². The van der Waals surface area contributed by atoms with E-state index in [-0.39, 0.29) is 37.0 Å². The summed E-state index contributed by atoms with van der Waals surface area (Å²) in [4.78, 5) is 42.9. The van der Waals surface area contributed by atoms with Crippen LogP contribution in [0, 0.1) is 6.92 Å². The Morgan fingerprint density at radius 3 is 2.61 bits per heavy atom. The van der Waals surface area contributed by atoms with E-state index in [0.29, 0.717) is 11.3 Å². The van der Waals surface area contributed by atoms with Crippen LogP contribution in [-0.2, 0) is 11.3 Å². The smallest absolute Gasteiger partial charge is 0.266 e. The van der Waals surface area contributed by atoms with Crippen molar-refractivity contribution in [3.63, 3.8) is 0 Å². The summed E-state index contributed by atoms with van der Waals surface area (Å²) in [5.41, 5.74) is 1.74. The van der Waals surface area contributed by atoms with Gasteiger partial charge in [-0.25, -0.2) is 9.67 Å². The molecule has 8 nitrogen and oxygen atoms in total. The minimum Gasteiger partial charge on any atom is -0.353 e. The van der Waals surface area contributed by atoms with Crippen LogP contribution >= 0.6 is 22.7 Å². The van der Waals surface area contributed by atoms with Crippen molar-refractivity contribution in [2.45, 2.75) is 13.5 Å². The lowest BCUT2D eigenvalue weighted by atomic mass is 10.2. The summed E-state index contributed by atoms with van der Waals surface area (Å²) in [6.45, 7) is 2.19. The molecule has 0 saturated carbocycles. The number of benzene rings is 1. The molecule has 0 atom stereocenters. The normalized spacial score (nSPS) is 10.7. The zero-order valence-corrected chi connectivity index (χ0v) is 19.4. The predicted octanol–water partition coefficient (Wildman–Crippen LogP) is 2.95. The zero-order chi connectivity index (χ0) is 23.2. The number of amides is 2. The summed E-state index contributed by atoms with van der Waals surface area (Å²) in [6.07, 6.45) is 0. The second kappa shape index (κ2) is 10.3. The molecule has 0 bridgehead atoms. The third-order valence-corrected chi connectivity index (χ3v) is 6.94. The molecule has 0 radical (unpaired) electrons. The molecule has 0 aliphatic rings. The van der Waals surface area contributed by atoms with Crippen LogP contribution in [-0.4, -0.2) is 39.7 Å². The molecular weight excluding hydrogens is 458 g/mol. The Hall–Kier alpha value is -3.63. The zero-order valence-electron chi connectivity index (χ0n) is 17.8. The Bertz CT molecular complexity index is 1310. The monoisotopic (exact) mass is 479 g/mol. The van der Waals surface area contributed by atoms with Gasteiger partial charge in [-0.3, -0.25) is 14.4 Å². The fraction of sp³-hybridized carbons (Fsp3) is 0.174. The van der Waals surface area contributed by atoms with Crippen LogP contribution < -0.4 is 16.2 Å². The summed E-state index contributed by atoms with van der Waals surface area (Å²) in [5, 5.41) is 12.7. The standard InChI is InChI=1S/C23H21N5O3S2/c1-15-21(33-23(26-15)18-8-5-13-32-18)17-9-10-20(30)28(27-17)12-11-24-19(29)14-25-22(31)16-6-3-2-4-7-16/h2-10,13H,11-12,14H2,1H3,(H,24,29)(H,25,31). The maximum atomic E-state index is 12.2. The predicted molar refractivity (Wildman–Crippen MR) is 129 cm³/mol. The molecule has 0 unspecified atom stereocenters. The molecule has 0 aliphatic heterocycles. The number of aryl methyl sites for hydroxylation is 1. The van der Waals surface area contributed by atoms with Crippen molar-refractivity contribution in [2.24, 2.45) is 0 Å². The van der Waals surface area contributed by atoms with E-state index in [1.54, 1.807) is 41.7 Å². The quantitative estimate of drug-likeness (QED) is 0.404. The van der Waals surface area contributed by atoms with Gasteiger partial charge in [-0.1, -0.05) is 24.3 Å². The molecule has 3 heterocycles. The number of aromatic nitrogens is 3. The summed E-state index contributed by atoms with van der Waals surface area (Å²) >= 11 is 3.16. The van der Waals surface area contributed by atoms with Crippen molar-refractivity contribution in [3.05, 3.63) is 81.6 Å². The number of thiazole rings is 1. The van der Waals surface area contributed by atoms with Crippen molar-refractivity contribution in [3.8, 4) is 20.5 Å². The average molecular weight is 480 g/mol. The van der Waals surface area contributed by atoms with Gasteiger partial charge in [0.1, 0.15) is 10.7 Å². The maximum Gasteiger partial charge on any atom is 0.266 e. The number of hydrogen-bond acceptors (Lipinski definition) is 7. The third-order valence-electron chi connectivity index (χ3n) is 4.72. The molecule has 0 fully saturated rings. The highest BCUT2D eigenvalue weighted by atomic mass is 32.1. The first-order valence-electron chi connectivity index (χ1n) is 10.2. The van der Waals surface area contributed by atoms with E-state index in [1.807, 2.05) is 30.5 Å². The van der Waals surface area contributed by atoms with Gasteiger partial charge >= 0.3 is 0 Å². The van der Waals surface area contributed by atoms with Crippen LogP contribution in [0.15, 0.2) is 64.8 Å². The van der Waals surface area contributed by atoms with Gasteiger partial charge < -0.3 is 10.6 Å². The van der Waals surface area contributed by atoms with Gasteiger partial charge in [0.15, 0.2) is 0 Å². The van der Waals surface area contributed by atoms with Crippen LogP contribution in [0.5, 0.6) is 0 Å². The summed E-state index contributed by atoms with van der Waals surface area (Å²) < 4.78 is 1.32. The topological polar surface area (TPSA) is 106 Å². The second-order valence-corrected chi connectivity index (χ2v) is 9.04. The van der Waals surface area contributed by atoms with Crippen LogP contribution in [0.3, 0.4) is 0 Å². The summed E-state index contributed by atoms with van der Waals surface area (Å²) in [5.74, 6) is -0.666. The molecule has 33 heavy (non-hydrogen) atoms. The molecule has 168 valence electrons. The van der Waals surface area contributed by atoms with E-state index >= 15 is 0 Å². The molecule has 10 heteroatoms. The number of thiophene rings is 1. The van der Waals surface area contributed by atoms with Crippen molar-refractivity contribution >= 4 is 34.5 Å². The van der Waals surface area contributed by atoms with E-state index < -0.39 is 0 Å². The minimum atomic E-state index is -0.345. The fourth-order valence-electron chi connectivity index (χ4n) is 3.09. The highest BCUT2D eigenvalue weighted by molar-refractivity contribution is 7.23. The average Bonchev–Trinajstić information content (AvgIpc) is 3.49. The van der Waals surface area contributed by atoms with Crippen LogP contribution in [0.25, 0.3) is 20.5 Å². The Labute approximate surface area is 197 Å². The van der Waals surface area contributed by atoms with Gasteiger partial charge in [-0.05, 0) is 36.6 Å². The largest absolute Gasteiger partial charge is 0.353 e. The fourth-order valence-corrected chi connectivity index (χ4v) is 4.91. The van der Waals surface area contributed by atoms with Gasteiger partial charge in [0, 0.05) is 18.2 Å². The van der Waals surface area contributed by atoms with E-state index in [4.69, 9.17) is 0 Å². The highest BCUT2D eigenvalue weighted by Crippen LogP contribution is 2.35. The maximum absolute atomic E-state index is 12.2. The number of rotatable bonds is 8. The van der Waals surface area contributed by atoms with Crippen molar-refractivity contribution in [1.82, 2.24) is 25.4 Å². The molecule has 0 spiro atoms. The van der Waals surface area contributed by atoms with Gasteiger partial charge in [-0.15, -0.1) is 22.7 Å². The molecule has 3 aromatic heterocycles. The van der Waals surface area contributed by atoms with Crippen molar-refractivity contribution < 1.29 is 9.59 Å². The van der Waals surface area contributed by atoms with Crippen LogP contribution in [0.4, 0.5) is 0 Å². The molecular formula is C23H21N5O3S2. The van der Waals surface area contributed by atoms with Crippen molar-refractivity contribution in [2.75, 3.05) is 13.1 Å². The Morgan fingerprint density at radius 2 is 1.85 bits per heavy atom. The van der Waals surface area contributed by atoms with Gasteiger partial charge in [0.25, 0.3) is 11.5 Å². The summed E-state index contributed by atoms with van der Waals surface area (Å²) in [6, 6.07) is 15.8. The van der Waals surface area contributed by atoms with E-state index in [9.17, 15) is 14.4 Å². The lowest BCUT2D eigenvalue weighted by molar-refractivity contribution is -0.120. The molecule has 0 saturated heterocycles. The van der Waals surface area contributed by atoms with Gasteiger partial charge in [0.05, 0.1) is 28.5 Å². The molecule has 0 aliphatic carbocycles. The Morgan fingerprint density at radius 1 is 1.03 bits per heavy atom. The number of nitrogens with one attached hydrogen (secondary N) is 2. The Kier molecular flexibility index (Phi) is 7.06. The lowest BCUT2D eigenvalue weighted by Crippen LogP contribution is -2.39. The van der Waals surface area contributed by atoms with Crippen LogP contribution in [0.1, 0.15) is 16.1 Å². The Balaban J connectivity index is 1.35. The number of carbonyl (C=O) groups excluding carboxylic acids is 2. The first kappa shape index (κ1) is 22.6. The number of nitrogens with zero attached hydrogens (tertiary/aromatic N) is 3. The molecule has 2 amide bonds. The molecule has 4 rings (SSSR count). The third kappa shape index (κ3) is 5.60. The van der Waals surface area contributed by atoms with Gasteiger partial charge in [-0.2, -0.15) is 5.10 Å². The van der Waals surface area contributed by atoms with E-state index in [1.165, 1.54) is 22.1 Å². The first-order valence-corrected chi connectivity index (χ1v) is 11.9. The highest BCUT2D eigenvalue weighted by Gasteiger charge is 2.14. The summed E-state index contributed by atoms with van der Waals surface area (Å²) in [7, 11) is 0.